The Labute approximate surface area is 172 Å². The van der Waals surface area contributed by atoms with Crippen LogP contribution in [0.3, 0.4) is 0 Å². The van der Waals surface area contributed by atoms with E-state index in [1.165, 1.54) is 0 Å². The zero-order chi connectivity index (χ0) is 20.8. The molecule has 158 valence electrons. The van der Waals surface area contributed by atoms with E-state index in [1.807, 2.05) is 26.0 Å². The maximum Gasteiger partial charge on any atom is 0.214 e. The highest BCUT2D eigenvalue weighted by atomic mass is 19.1. The molecule has 0 saturated carbocycles. The second kappa shape index (κ2) is 9.73. The van der Waals surface area contributed by atoms with Gasteiger partial charge in [0.15, 0.2) is 5.96 Å². The zero-order valence-electron chi connectivity index (χ0n) is 17.8. The van der Waals surface area contributed by atoms with E-state index in [4.69, 9.17) is 4.42 Å². The minimum absolute atomic E-state index is 0.178. The summed E-state index contributed by atoms with van der Waals surface area (Å²) in [6.45, 7) is 11.6. The van der Waals surface area contributed by atoms with Gasteiger partial charge >= 0.3 is 0 Å². The third-order valence-electron chi connectivity index (χ3n) is 5.34. The molecule has 1 aliphatic rings. The second-order valence-corrected chi connectivity index (χ2v) is 7.24. The lowest BCUT2D eigenvalue weighted by molar-refractivity contribution is 0.270. The second-order valence-electron chi connectivity index (χ2n) is 7.24. The zero-order valence-corrected chi connectivity index (χ0v) is 17.8. The number of benzene rings is 1. The van der Waals surface area contributed by atoms with Gasteiger partial charge in [-0.1, -0.05) is 13.0 Å². The van der Waals surface area contributed by atoms with Crippen molar-refractivity contribution in [2.45, 2.75) is 33.9 Å². The number of guanidine groups is 1. The summed E-state index contributed by atoms with van der Waals surface area (Å²) in [5.74, 6) is 1.86. The fourth-order valence-corrected chi connectivity index (χ4v) is 3.40. The summed E-state index contributed by atoms with van der Waals surface area (Å²) >= 11 is 0. The number of nitrogens with zero attached hydrogens (tertiary/aromatic N) is 4. The van der Waals surface area contributed by atoms with Gasteiger partial charge in [0.2, 0.25) is 5.89 Å². The maximum atomic E-state index is 14.7. The molecule has 8 heteroatoms. The Hall–Kier alpha value is -2.61. The van der Waals surface area contributed by atoms with Gasteiger partial charge in [0.05, 0.1) is 17.9 Å². The van der Waals surface area contributed by atoms with Crippen molar-refractivity contribution in [1.82, 2.24) is 20.5 Å². The molecule has 1 fully saturated rings. The van der Waals surface area contributed by atoms with Crippen molar-refractivity contribution >= 4 is 11.6 Å². The van der Waals surface area contributed by atoms with Gasteiger partial charge in [-0.15, -0.1) is 0 Å². The lowest BCUT2D eigenvalue weighted by atomic mass is 10.1. The number of aryl methyl sites for hydroxylation is 2. The van der Waals surface area contributed by atoms with Crippen LogP contribution in [0.4, 0.5) is 10.1 Å². The fourth-order valence-electron chi connectivity index (χ4n) is 3.40. The Bertz CT molecular complexity index is 822. The Kier molecular flexibility index (Phi) is 7.09. The summed E-state index contributed by atoms with van der Waals surface area (Å²) in [6.07, 6.45) is 0. The first kappa shape index (κ1) is 21.1. The number of hydrogen-bond donors (Lipinski definition) is 2. The van der Waals surface area contributed by atoms with Crippen molar-refractivity contribution in [2.75, 3.05) is 44.7 Å². The maximum absolute atomic E-state index is 14.7. The van der Waals surface area contributed by atoms with Gasteiger partial charge in [-0.2, -0.15) is 0 Å². The lowest BCUT2D eigenvalue weighted by Crippen LogP contribution is -2.46. The molecule has 0 unspecified atom stereocenters. The summed E-state index contributed by atoms with van der Waals surface area (Å²) in [5, 5.41) is 6.36. The summed E-state index contributed by atoms with van der Waals surface area (Å²) in [5.41, 5.74) is 2.43. The predicted molar refractivity (Wildman–Crippen MR) is 114 cm³/mol. The summed E-state index contributed by atoms with van der Waals surface area (Å²) < 4.78 is 20.2. The van der Waals surface area contributed by atoms with Crippen molar-refractivity contribution < 1.29 is 8.81 Å². The molecule has 0 bridgehead atoms. The van der Waals surface area contributed by atoms with Gasteiger partial charge in [0.1, 0.15) is 11.6 Å². The molecule has 29 heavy (non-hydrogen) atoms. The van der Waals surface area contributed by atoms with Crippen LogP contribution < -0.4 is 15.5 Å². The first-order chi connectivity index (χ1) is 14.0. The number of rotatable bonds is 6. The standard InChI is InChI=1S/C21H31FN6O/c1-5-27-8-10-28(11-9-27)19-7-6-17(12-18(19)22)13-24-21(23-4)25-14-20-26-15(2)16(3)29-20/h6-7,12H,5,8-11,13-14H2,1-4H3,(H2,23,24,25). The molecule has 0 aliphatic carbocycles. The predicted octanol–water partition coefficient (Wildman–Crippen LogP) is 2.44. The minimum Gasteiger partial charge on any atom is -0.444 e. The van der Waals surface area contributed by atoms with Crippen LogP contribution in [0.1, 0.15) is 29.8 Å². The first-order valence-electron chi connectivity index (χ1n) is 10.1. The van der Waals surface area contributed by atoms with Crippen molar-refractivity contribution in [1.29, 1.82) is 0 Å². The molecule has 1 aromatic carbocycles. The molecule has 7 nitrogen and oxygen atoms in total. The van der Waals surface area contributed by atoms with Crippen molar-refractivity contribution in [3.05, 3.63) is 46.9 Å². The van der Waals surface area contributed by atoms with Gasteiger partial charge in [-0.3, -0.25) is 4.99 Å². The molecule has 1 saturated heterocycles. The van der Waals surface area contributed by atoms with E-state index in [2.05, 4.69) is 37.3 Å². The number of anilines is 1. The van der Waals surface area contributed by atoms with Crippen molar-refractivity contribution in [3.8, 4) is 0 Å². The van der Waals surface area contributed by atoms with E-state index in [9.17, 15) is 4.39 Å². The van der Waals surface area contributed by atoms with E-state index >= 15 is 0 Å². The highest BCUT2D eigenvalue weighted by Crippen LogP contribution is 2.22. The molecule has 2 aromatic rings. The van der Waals surface area contributed by atoms with Crippen LogP contribution in [-0.2, 0) is 13.1 Å². The molecule has 3 rings (SSSR count). The quantitative estimate of drug-likeness (QED) is 0.571. The van der Waals surface area contributed by atoms with E-state index in [-0.39, 0.29) is 5.82 Å². The summed E-state index contributed by atoms with van der Waals surface area (Å²) in [6, 6.07) is 5.44. The Morgan fingerprint density at radius 1 is 1.17 bits per heavy atom. The van der Waals surface area contributed by atoms with Crippen LogP contribution in [0.25, 0.3) is 0 Å². The van der Waals surface area contributed by atoms with E-state index < -0.39 is 0 Å². The Balaban J connectivity index is 1.52. The smallest absolute Gasteiger partial charge is 0.214 e. The first-order valence-corrected chi connectivity index (χ1v) is 10.1. The summed E-state index contributed by atoms with van der Waals surface area (Å²) in [7, 11) is 1.70. The van der Waals surface area contributed by atoms with Crippen LogP contribution in [-0.4, -0.2) is 55.6 Å². The molecule has 1 aliphatic heterocycles. The van der Waals surface area contributed by atoms with Gasteiger partial charge < -0.3 is 24.9 Å². The van der Waals surface area contributed by atoms with Crippen LogP contribution in [0.15, 0.2) is 27.6 Å². The number of nitrogens with one attached hydrogen (secondary N) is 2. The number of likely N-dealkylation sites (N-methyl/N-ethyl adjacent to an activating group) is 1. The van der Waals surface area contributed by atoms with Crippen LogP contribution in [0, 0.1) is 19.7 Å². The Morgan fingerprint density at radius 2 is 1.90 bits per heavy atom. The molecule has 0 radical (unpaired) electrons. The topological polar surface area (TPSA) is 68.9 Å². The van der Waals surface area contributed by atoms with Crippen LogP contribution >= 0.6 is 0 Å². The fraction of sp³-hybridized carbons (Fsp3) is 0.524. The molecular formula is C21H31FN6O. The van der Waals surface area contributed by atoms with Gasteiger partial charge in [0, 0.05) is 39.8 Å². The van der Waals surface area contributed by atoms with Crippen LogP contribution in [0.5, 0.6) is 0 Å². The average molecular weight is 403 g/mol. The highest BCUT2D eigenvalue weighted by Gasteiger charge is 2.18. The highest BCUT2D eigenvalue weighted by molar-refractivity contribution is 5.79. The number of piperazine rings is 1. The monoisotopic (exact) mass is 402 g/mol. The summed E-state index contributed by atoms with van der Waals surface area (Å²) in [4.78, 5) is 13.0. The molecule has 0 amide bonds. The lowest BCUT2D eigenvalue weighted by Gasteiger charge is -2.35. The van der Waals surface area contributed by atoms with Gasteiger partial charge in [-0.05, 0) is 38.1 Å². The molecular weight excluding hydrogens is 371 g/mol. The largest absolute Gasteiger partial charge is 0.444 e. The van der Waals surface area contributed by atoms with Gasteiger partial charge in [-0.25, -0.2) is 9.37 Å². The minimum atomic E-state index is -0.178. The van der Waals surface area contributed by atoms with E-state index in [1.54, 1.807) is 13.1 Å². The molecule has 0 atom stereocenters. The molecule has 2 heterocycles. The number of hydrogen-bond acceptors (Lipinski definition) is 5. The molecule has 1 aromatic heterocycles. The van der Waals surface area contributed by atoms with E-state index in [0.29, 0.717) is 30.6 Å². The number of oxazole rings is 1. The molecule has 2 N–H and O–H groups in total. The third kappa shape index (κ3) is 5.47. The van der Waals surface area contributed by atoms with E-state index in [0.717, 1.165) is 49.7 Å². The third-order valence-corrected chi connectivity index (χ3v) is 5.34. The number of aromatic nitrogens is 1. The van der Waals surface area contributed by atoms with Crippen molar-refractivity contribution in [2.24, 2.45) is 4.99 Å². The number of halogens is 1. The SMILES string of the molecule is CCN1CCN(c2ccc(CNC(=NC)NCc3nc(C)c(C)o3)cc2F)CC1. The average Bonchev–Trinajstić information content (AvgIpc) is 3.06. The number of aliphatic imine (C=N–C) groups is 1. The van der Waals surface area contributed by atoms with Crippen molar-refractivity contribution in [3.63, 3.8) is 0 Å². The normalized spacial score (nSPS) is 15.6. The van der Waals surface area contributed by atoms with Gasteiger partial charge in [0.25, 0.3) is 0 Å². The molecule has 0 spiro atoms. The Morgan fingerprint density at radius 3 is 2.48 bits per heavy atom. The van der Waals surface area contributed by atoms with Crippen LogP contribution in [0.2, 0.25) is 0 Å².